The Morgan fingerprint density at radius 1 is 1.31 bits per heavy atom. The third kappa shape index (κ3) is 3.06. The summed E-state index contributed by atoms with van der Waals surface area (Å²) in [5.41, 5.74) is 1.25. The van der Waals surface area contributed by atoms with E-state index in [4.69, 9.17) is 9.47 Å². The maximum Gasteiger partial charge on any atom is 0.0717 e. The zero-order valence-corrected chi connectivity index (χ0v) is 9.89. The molecule has 1 fully saturated rings. The second-order valence-corrected chi connectivity index (χ2v) is 4.47. The van der Waals surface area contributed by atoms with Gasteiger partial charge in [0.1, 0.15) is 0 Å². The molecule has 1 aliphatic heterocycles. The van der Waals surface area contributed by atoms with Crippen LogP contribution in [0, 0.1) is 11.8 Å². The molecule has 1 heterocycles. The molecule has 0 saturated carbocycles. The van der Waals surface area contributed by atoms with Crippen molar-refractivity contribution in [3.05, 3.63) is 35.9 Å². The molecule has 1 atom stereocenters. The Balaban J connectivity index is 1.70. The van der Waals surface area contributed by atoms with Crippen molar-refractivity contribution in [2.75, 3.05) is 19.8 Å². The Hall–Kier alpha value is -0.860. The number of ether oxygens (including phenoxy) is 2. The van der Waals surface area contributed by atoms with Crippen LogP contribution in [0.3, 0.4) is 0 Å². The molecule has 0 spiro atoms. The zero-order valence-electron chi connectivity index (χ0n) is 9.89. The van der Waals surface area contributed by atoms with Gasteiger partial charge in [-0.05, 0) is 11.5 Å². The number of hydrogen-bond donors (Lipinski definition) is 0. The van der Waals surface area contributed by atoms with E-state index in [1.165, 1.54) is 12.0 Å². The third-order valence-electron chi connectivity index (χ3n) is 3.30. The molecule has 0 radical (unpaired) electrons. The van der Waals surface area contributed by atoms with Crippen molar-refractivity contribution in [2.45, 2.75) is 20.0 Å². The predicted octanol–water partition coefficient (Wildman–Crippen LogP) is 2.88. The topological polar surface area (TPSA) is 18.5 Å². The average Bonchev–Trinajstić information content (AvgIpc) is 2.26. The van der Waals surface area contributed by atoms with E-state index in [1.807, 2.05) is 6.07 Å². The minimum atomic E-state index is 0.664. The molecule has 2 rings (SSSR count). The van der Waals surface area contributed by atoms with Gasteiger partial charge in [0.15, 0.2) is 0 Å². The molecular formula is C14H20O2. The summed E-state index contributed by atoms with van der Waals surface area (Å²) < 4.78 is 11.0. The highest BCUT2D eigenvalue weighted by molar-refractivity contribution is 5.13. The summed E-state index contributed by atoms with van der Waals surface area (Å²) in [6.45, 7) is 5.67. The summed E-state index contributed by atoms with van der Waals surface area (Å²) in [4.78, 5) is 0. The van der Waals surface area contributed by atoms with Crippen LogP contribution in [0.1, 0.15) is 18.9 Å². The third-order valence-corrected chi connectivity index (χ3v) is 3.30. The first kappa shape index (κ1) is 11.6. The molecule has 1 aliphatic rings. The van der Waals surface area contributed by atoms with Gasteiger partial charge >= 0.3 is 0 Å². The number of rotatable bonds is 6. The fraction of sp³-hybridized carbons (Fsp3) is 0.571. The molecule has 0 amide bonds. The first-order valence-corrected chi connectivity index (χ1v) is 6.09. The van der Waals surface area contributed by atoms with Crippen LogP contribution in [-0.4, -0.2) is 19.8 Å². The van der Waals surface area contributed by atoms with Crippen LogP contribution in [0.5, 0.6) is 0 Å². The summed E-state index contributed by atoms with van der Waals surface area (Å²) in [6, 6.07) is 10.3. The quantitative estimate of drug-likeness (QED) is 0.734. The van der Waals surface area contributed by atoms with Gasteiger partial charge in [0.2, 0.25) is 0 Å². The van der Waals surface area contributed by atoms with E-state index >= 15 is 0 Å². The lowest BCUT2D eigenvalue weighted by Gasteiger charge is -2.33. The fourth-order valence-corrected chi connectivity index (χ4v) is 2.02. The first-order valence-electron chi connectivity index (χ1n) is 6.09. The predicted molar refractivity (Wildman–Crippen MR) is 64.2 cm³/mol. The Labute approximate surface area is 97.6 Å². The SMILES string of the molecule is CCC(COCc1ccccc1)C1COC1. The maximum atomic E-state index is 5.77. The van der Waals surface area contributed by atoms with Gasteiger partial charge in [-0.1, -0.05) is 43.7 Å². The van der Waals surface area contributed by atoms with Crippen LogP contribution >= 0.6 is 0 Å². The maximum absolute atomic E-state index is 5.77. The van der Waals surface area contributed by atoms with Crippen LogP contribution in [0.15, 0.2) is 30.3 Å². The van der Waals surface area contributed by atoms with Crippen molar-refractivity contribution in [1.29, 1.82) is 0 Å². The van der Waals surface area contributed by atoms with Crippen molar-refractivity contribution in [2.24, 2.45) is 11.8 Å². The summed E-state index contributed by atoms with van der Waals surface area (Å²) >= 11 is 0. The lowest BCUT2D eigenvalue weighted by molar-refractivity contribution is -0.0806. The van der Waals surface area contributed by atoms with E-state index in [2.05, 4.69) is 31.2 Å². The Morgan fingerprint density at radius 2 is 2.06 bits per heavy atom. The molecular weight excluding hydrogens is 200 g/mol. The van der Waals surface area contributed by atoms with Crippen molar-refractivity contribution in [3.8, 4) is 0 Å². The summed E-state index contributed by atoms with van der Waals surface area (Å²) in [5, 5.41) is 0. The zero-order chi connectivity index (χ0) is 11.2. The second-order valence-electron chi connectivity index (χ2n) is 4.47. The standard InChI is InChI=1S/C14H20O2/c1-2-13(14-10-16-11-14)9-15-8-12-6-4-3-5-7-12/h3-7,13-14H,2,8-11H2,1H3. The van der Waals surface area contributed by atoms with Crippen LogP contribution < -0.4 is 0 Å². The first-order chi connectivity index (χ1) is 7.90. The molecule has 16 heavy (non-hydrogen) atoms. The molecule has 1 aromatic carbocycles. The highest BCUT2D eigenvalue weighted by Gasteiger charge is 2.26. The van der Waals surface area contributed by atoms with Crippen molar-refractivity contribution < 1.29 is 9.47 Å². The van der Waals surface area contributed by atoms with E-state index in [9.17, 15) is 0 Å². The molecule has 88 valence electrons. The van der Waals surface area contributed by atoms with E-state index in [0.717, 1.165) is 32.3 Å². The number of hydrogen-bond acceptors (Lipinski definition) is 2. The lowest BCUT2D eigenvalue weighted by atomic mass is 9.89. The summed E-state index contributed by atoms with van der Waals surface area (Å²) in [5.74, 6) is 1.39. The second kappa shape index (κ2) is 6.02. The smallest absolute Gasteiger partial charge is 0.0717 e. The van der Waals surface area contributed by atoms with Crippen molar-refractivity contribution in [1.82, 2.24) is 0 Å². The normalized spacial score (nSPS) is 18.1. The molecule has 1 unspecified atom stereocenters. The van der Waals surface area contributed by atoms with Crippen LogP contribution in [-0.2, 0) is 16.1 Å². The Kier molecular flexibility index (Phi) is 4.37. The summed E-state index contributed by atoms with van der Waals surface area (Å²) in [7, 11) is 0. The van der Waals surface area contributed by atoms with E-state index in [0.29, 0.717) is 5.92 Å². The Morgan fingerprint density at radius 3 is 2.62 bits per heavy atom. The number of benzene rings is 1. The van der Waals surface area contributed by atoms with E-state index in [1.54, 1.807) is 0 Å². The largest absolute Gasteiger partial charge is 0.381 e. The highest BCUT2D eigenvalue weighted by atomic mass is 16.5. The Bertz CT molecular complexity index is 293. The minimum absolute atomic E-state index is 0.664. The van der Waals surface area contributed by atoms with Crippen LogP contribution in [0.4, 0.5) is 0 Å². The van der Waals surface area contributed by atoms with E-state index in [-0.39, 0.29) is 0 Å². The molecule has 1 saturated heterocycles. The fourth-order valence-electron chi connectivity index (χ4n) is 2.02. The van der Waals surface area contributed by atoms with Gasteiger partial charge in [-0.2, -0.15) is 0 Å². The van der Waals surface area contributed by atoms with Gasteiger partial charge < -0.3 is 9.47 Å². The molecule has 2 heteroatoms. The van der Waals surface area contributed by atoms with Crippen LogP contribution in [0.2, 0.25) is 0 Å². The lowest BCUT2D eigenvalue weighted by Crippen LogP contribution is -2.36. The molecule has 0 aromatic heterocycles. The average molecular weight is 220 g/mol. The highest BCUT2D eigenvalue weighted by Crippen LogP contribution is 2.24. The molecule has 0 aliphatic carbocycles. The van der Waals surface area contributed by atoms with E-state index < -0.39 is 0 Å². The van der Waals surface area contributed by atoms with Gasteiger partial charge in [0, 0.05) is 5.92 Å². The van der Waals surface area contributed by atoms with Gasteiger partial charge in [0.25, 0.3) is 0 Å². The molecule has 0 N–H and O–H groups in total. The van der Waals surface area contributed by atoms with Crippen molar-refractivity contribution in [3.63, 3.8) is 0 Å². The summed E-state index contributed by atoms with van der Waals surface area (Å²) in [6.07, 6.45) is 1.18. The van der Waals surface area contributed by atoms with Gasteiger partial charge in [-0.25, -0.2) is 0 Å². The van der Waals surface area contributed by atoms with Crippen LogP contribution in [0.25, 0.3) is 0 Å². The van der Waals surface area contributed by atoms with Crippen molar-refractivity contribution >= 4 is 0 Å². The van der Waals surface area contributed by atoms with Gasteiger partial charge in [-0.15, -0.1) is 0 Å². The molecule has 1 aromatic rings. The van der Waals surface area contributed by atoms with Gasteiger partial charge in [-0.3, -0.25) is 0 Å². The molecule has 0 bridgehead atoms. The minimum Gasteiger partial charge on any atom is -0.381 e. The monoisotopic (exact) mass is 220 g/mol. The van der Waals surface area contributed by atoms with Gasteiger partial charge in [0.05, 0.1) is 26.4 Å². The molecule has 2 nitrogen and oxygen atoms in total.